The van der Waals surface area contributed by atoms with E-state index in [1.807, 2.05) is 19.0 Å². The molecule has 6 heteroatoms. The molecule has 0 saturated carbocycles. The third kappa shape index (κ3) is 2.90. The van der Waals surface area contributed by atoms with Crippen LogP contribution in [0.2, 0.25) is 0 Å². The van der Waals surface area contributed by atoms with Gasteiger partial charge in [0.25, 0.3) is 0 Å². The second-order valence-electron chi connectivity index (χ2n) is 2.88. The van der Waals surface area contributed by atoms with Crippen LogP contribution in [0.4, 0.5) is 5.95 Å². The number of H-pyrrole nitrogens is 2. The van der Waals surface area contributed by atoms with Gasteiger partial charge in [-0.05, 0) is 20.0 Å². The zero-order valence-corrected chi connectivity index (χ0v) is 7.92. The van der Waals surface area contributed by atoms with Gasteiger partial charge in [0.15, 0.2) is 0 Å². The quantitative estimate of drug-likeness (QED) is 0.522. The minimum absolute atomic E-state index is 0.268. The Hall–Kier alpha value is -1.30. The Morgan fingerprint density at radius 2 is 2.38 bits per heavy atom. The lowest BCUT2D eigenvalue weighted by molar-refractivity contribution is 0.705. The smallest absolute Gasteiger partial charge is 0.342 e. The van der Waals surface area contributed by atoms with Crippen molar-refractivity contribution in [2.75, 3.05) is 32.1 Å². The van der Waals surface area contributed by atoms with Crippen LogP contribution in [0.5, 0.6) is 0 Å². The van der Waals surface area contributed by atoms with Crippen LogP contribution in [-0.2, 0) is 0 Å². The molecule has 13 heavy (non-hydrogen) atoms. The van der Waals surface area contributed by atoms with Crippen molar-refractivity contribution in [3.8, 4) is 0 Å². The molecule has 0 radical (unpaired) electrons. The molecule has 0 amide bonds. The summed E-state index contributed by atoms with van der Waals surface area (Å²) in [4.78, 5) is 15.2. The maximum Gasteiger partial charge on any atom is 0.342 e. The van der Waals surface area contributed by atoms with Gasteiger partial charge in [0.1, 0.15) is 0 Å². The molecule has 0 aliphatic rings. The zero-order chi connectivity index (χ0) is 9.68. The number of aromatic nitrogens is 3. The maximum absolute atomic E-state index is 10.7. The van der Waals surface area contributed by atoms with Crippen LogP contribution < -0.4 is 15.9 Å². The number of hydrogen-bond acceptors (Lipinski definition) is 4. The second-order valence-corrected chi connectivity index (χ2v) is 2.88. The minimum Gasteiger partial charge on any atom is -0.344 e. The van der Waals surface area contributed by atoms with Crippen molar-refractivity contribution in [3.63, 3.8) is 0 Å². The van der Waals surface area contributed by atoms with Gasteiger partial charge in [-0.25, -0.2) is 9.89 Å². The van der Waals surface area contributed by atoms with Crippen molar-refractivity contribution >= 4 is 5.95 Å². The van der Waals surface area contributed by atoms with Crippen LogP contribution >= 0.6 is 0 Å². The van der Waals surface area contributed by atoms with E-state index in [2.05, 4.69) is 20.5 Å². The first-order chi connectivity index (χ1) is 6.24. The third-order valence-corrected chi connectivity index (χ3v) is 1.77. The van der Waals surface area contributed by atoms with Crippen molar-refractivity contribution < 1.29 is 0 Å². The molecule has 0 spiro atoms. The molecule has 0 atom stereocenters. The maximum atomic E-state index is 10.7. The van der Waals surface area contributed by atoms with Crippen LogP contribution in [0.3, 0.4) is 0 Å². The fourth-order valence-electron chi connectivity index (χ4n) is 1.04. The van der Waals surface area contributed by atoms with Gasteiger partial charge in [-0.2, -0.15) is 0 Å². The first kappa shape index (κ1) is 9.79. The summed E-state index contributed by atoms with van der Waals surface area (Å²) in [6.07, 6.45) is 1.02. The van der Waals surface area contributed by atoms with Crippen LogP contribution in [-0.4, -0.2) is 42.4 Å². The molecule has 1 rings (SSSR count). The number of hydrogen-bond donors (Lipinski definition) is 3. The standard InChI is InChI=1S/C7H15N5O/c1-8-4-3-5-12(2)6-9-7(13)11-10-6/h8H,3-5H2,1-2H3,(H2,9,10,11,13). The van der Waals surface area contributed by atoms with Gasteiger partial charge < -0.3 is 10.2 Å². The van der Waals surface area contributed by atoms with Gasteiger partial charge in [-0.3, -0.25) is 4.98 Å². The van der Waals surface area contributed by atoms with E-state index in [9.17, 15) is 4.79 Å². The average molecular weight is 185 g/mol. The van der Waals surface area contributed by atoms with E-state index in [1.165, 1.54) is 0 Å². The summed E-state index contributed by atoms with van der Waals surface area (Å²) in [6.45, 7) is 1.82. The molecule has 6 nitrogen and oxygen atoms in total. The summed E-state index contributed by atoms with van der Waals surface area (Å²) < 4.78 is 0. The molecular weight excluding hydrogens is 170 g/mol. The predicted octanol–water partition coefficient (Wildman–Crippen LogP) is -0.856. The van der Waals surface area contributed by atoms with E-state index < -0.39 is 0 Å². The van der Waals surface area contributed by atoms with Gasteiger partial charge in [-0.15, -0.1) is 5.10 Å². The lowest BCUT2D eigenvalue weighted by atomic mass is 10.4. The first-order valence-corrected chi connectivity index (χ1v) is 4.24. The summed E-state index contributed by atoms with van der Waals surface area (Å²) >= 11 is 0. The fourth-order valence-corrected chi connectivity index (χ4v) is 1.04. The highest BCUT2D eigenvalue weighted by Gasteiger charge is 2.03. The number of anilines is 1. The topological polar surface area (TPSA) is 76.8 Å². The van der Waals surface area contributed by atoms with Crippen molar-refractivity contribution in [2.24, 2.45) is 0 Å². The lowest BCUT2D eigenvalue weighted by Crippen LogP contribution is -2.23. The minimum atomic E-state index is -0.268. The van der Waals surface area contributed by atoms with E-state index >= 15 is 0 Å². The Labute approximate surface area is 76.3 Å². The Morgan fingerprint density at radius 1 is 1.62 bits per heavy atom. The average Bonchev–Trinajstić information content (AvgIpc) is 2.52. The monoisotopic (exact) mass is 185 g/mol. The Balaban J connectivity index is 2.39. The van der Waals surface area contributed by atoms with E-state index in [0.29, 0.717) is 5.95 Å². The summed E-state index contributed by atoms with van der Waals surface area (Å²) in [6, 6.07) is 0. The predicted molar refractivity (Wildman–Crippen MR) is 51.0 cm³/mol. The molecule has 0 bridgehead atoms. The Morgan fingerprint density at radius 3 is 2.92 bits per heavy atom. The highest BCUT2D eigenvalue weighted by atomic mass is 16.1. The normalized spacial score (nSPS) is 10.3. The molecule has 0 saturated heterocycles. The number of nitrogens with zero attached hydrogens (tertiary/aromatic N) is 2. The van der Waals surface area contributed by atoms with Crippen LogP contribution in [0.25, 0.3) is 0 Å². The summed E-state index contributed by atoms with van der Waals surface area (Å²) in [5.74, 6) is 0.584. The van der Waals surface area contributed by atoms with Crippen molar-refractivity contribution in [1.82, 2.24) is 20.5 Å². The number of aromatic amines is 2. The largest absolute Gasteiger partial charge is 0.344 e. The van der Waals surface area contributed by atoms with Gasteiger partial charge in [-0.1, -0.05) is 0 Å². The molecular formula is C7H15N5O. The first-order valence-electron chi connectivity index (χ1n) is 4.24. The zero-order valence-electron chi connectivity index (χ0n) is 7.92. The molecule has 3 N–H and O–H groups in total. The Kier molecular flexibility index (Phi) is 3.51. The SMILES string of the molecule is CNCCCN(C)c1n[nH]c(=O)[nH]1. The molecule has 1 heterocycles. The number of rotatable bonds is 5. The van der Waals surface area contributed by atoms with Gasteiger partial charge in [0.2, 0.25) is 5.95 Å². The molecule has 0 aromatic carbocycles. The van der Waals surface area contributed by atoms with Crippen LogP contribution in [0.15, 0.2) is 4.79 Å². The lowest BCUT2D eigenvalue weighted by Gasteiger charge is -2.14. The molecule has 74 valence electrons. The summed E-state index contributed by atoms with van der Waals surface area (Å²) in [7, 11) is 3.80. The van der Waals surface area contributed by atoms with E-state index in [0.717, 1.165) is 19.5 Å². The van der Waals surface area contributed by atoms with E-state index in [-0.39, 0.29) is 5.69 Å². The highest BCUT2D eigenvalue weighted by molar-refractivity contribution is 5.24. The fraction of sp³-hybridized carbons (Fsp3) is 0.714. The summed E-state index contributed by atoms with van der Waals surface area (Å²) in [5.41, 5.74) is -0.268. The van der Waals surface area contributed by atoms with Crippen molar-refractivity contribution in [2.45, 2.75) is 6.42 Å². The third-order valence-electron chi connectivity index (χ3n) is 1.77. The van der Waals surface area contributed by atoms with Crippen molar-refractivity contribution in [3.05, 3.63) is 10.5 Å². The molecule has 0 fully saturated rings. The van der Waals surface area contributed by atoms with Crippen LogP contribution in [0, 0.1) is 0 Å². The molecule has 1 aromatic heterocycles. The molecule has 0 aliphatic carbocycles. The molecule has 1 aromatic rings. The van der Waals surface area contributed by atoms with Gasteiger partial charge >= 0.3 is 5.69 Å². The molecule has 0 unspecified atom stereocenters. The van der Waals surface area contributed by atoms with E-state index in [4.69, 9.17) is 0 Å². The Bertz CT molecular complexity index is 291. The van der Waals surface area contributed by atoms with Crippen LogP contribution in [0.1, 0.15) is 6.42 Å². The van der Waals surface area contributed by atoms with Gasteiger partial charge in [0, 0.05) is 13.6 Å². The highest BCUT2D eigenvalue weighted by Crippen LogP contribution is 1.98. The van der Waals surface area contributed by atoms with Gasteiger partial charge in [0.05, 0.1) is 0 Å². The second kappa shape index (κ2) is 4.66. The summed E-state index contributed by atoms with van der Waals surface area (Å²) in [5, 5.41) is 9.18. The van der Waals surface area contributed by atoms with Crippen molar-refractivity contribution in [1.29, 1.82) is 0 Å². The van der Waals surface area contributed by atoms with E-state index in [1.54, 1.807) is 0 Å². The number of nitrogens with one attached hydrogen (secondary N) is 3. The molecule has 0 aliphatic heterocycles.